The van der Waals surface area contributed by atoms with E-state index < -0.39 is 0 Å². The van der Waals surface area contributed by atoms with Crippen molar-refractivity contribution in [2.45, 2.75) is 13.5 Å². The van der Waals surface area contributed by atoms with Gasteiger partial charge < -0.3 is 24.8 Å². The average molecular weight is 476 g/mol. The molecule has 1 aliphatic rings. The van der Waals surface area contributed by atoms with Crippen LogP contribution < -0.4 is 24.8 Å². The van der Waals surface area contributed by atoms with E-state index in [9.17, 15) is 0 Å². The van der Waals surface area contributed by atoms with E-state index in [-0.39, 0.29) is 30.8 Å². The van der Waals surface area contributed by atoms with Gasteiger partial charge in [-0.3, -0.25) is 4.99 Å². The van der Waals surface area contributed by atoms with Crippen molar-refractivity contribution < 1.29 is 14.2 Å². The second kappa shape index (κ2) is 9.66. The molecule has 2 aromatic rings. The quantitative estimate of drug-likeness (QED) is 0.289. The molecule has 0 spiro atoms. The molecule has 1 aromatic carbocycles. The highest BCUT2D eigenvalue weighted by atomic mass is 127. The summed E-state index contributed by atoms with van der Waals surface area (Å²) in [5.41, 5.74) is 0. The Bertz CT molecular complexity index is 723. The van der Waals surface area contributed by atoms with E-state index in [4.69, 9.17) is 14.2 Å². The van der Waals surface area contributed by atoms with Crippen molar-refractivity contribution >= 4 is 41.3 Å². The molecular formula is C16H21IN4O3S. The van der Waals surface area contributed by atoms with E-state index in [1.807, 2.05) is 31.3 Å². The molecule has 136 valence electrons. The molecule has 7 nitrogen and oxygen atoms in total. The first kappa shape index (κ1) is 19.6. The topological polar surface area (TPSA) is 77.0 Å². The van der Waals surface area contributed by atoms with Crippen molar-refractivity contribution in [3.8, 4) is 17.2 Å². The number of nitrogens with one attached hydrogen (secondary N) is 2. The number of ether oxygens (including phenoxy) is 3. The standard InChI is InChI=1S/C16H20N4O3S.HI/c1-11-8-19-15(24-11)9-20-16(17-2)18-5-6-21-12-3-4-13-14(7-12)23-10-22-13;/h3-4,7-8H,5-6,9-10H2,1-2H3,(H2,17,18,20);1H. The predicted octanol–water partition coefficient (Wildman–Crippen LogP) is 2.54. The van der Waals surface area contributed by atoms with Gasteiger partial charge >= 0.3 is 0 Å². The Morgan fingerprint density at radius 2 is 2.16 bits per heavy atom. The van der Waals surface area contributed by atoms with Crippen LogP contribution in [0.2, 0.25) is 0 Å². The number of aliphatic imine (C=N–C) groups is 1. The minimum atomic E-state index is 0. The first-order valence-corrected chi connectivity index (χ1v) is 8.44. The number of aryl methyl sites for hydroxylation is 1. The van der Waals surface area contributed by atoms with Crippen LogP contribution in [0.5, 0.6) is 17.2 Å². The fourth-order valence-corrected chi connectivity index (χ4v) is 2.89. The van der Waals surface area contributed by atoms with Crippen molar-refractivity contribution in [2.75, 3.05) is 27.0 Å². The number of hydrogen-bond acceptors (Lipinski definition) is 6. The highest BCUT2D eigenvalue weighted by Crippen LogP contribution is 2.34. The maximum absolute atomic E-state index is 5.70. The maximum atomic E-state index is 5.70. The van der Waals surface area contributed by atoms with Crippen LogP contribution >= 0.6 is 35.3 Å². The summed E-state index contributed by atoms with van der Waals surface area (Å²) in [4.78, 5) is 9.69. The second-order valence-corrected chi connectivity index (χ2v) is 6.40. The lowest BCUT2D eigenvalue weighted by Crippen LogP contribution is -2.38. The minimum absolute atomic E-state index is 0. The van der Waals surface area contributed by atoms with Gasteiger partial charge in [-0.05, 0) is 19.1 Å². The Kier molecular flexibility index (Phi) is 7.56. The van der Waals surface area contributed by atoms with E-state index in [1.54, 1.807) is 18.4 Å². The summed E-state index contributed by atoms with van der Waals surface area (Å²) in [5, 5.41) is 7.46. The molecule has 0 bridgehead atoms. The van der Waals surface area contributed by atoms with Gasteiger partial charge in [-0.1, -0.05) is 0 Å². The number of guanidine groups is 1. The zero-order valence-corrected chi connectivity index (χ0v) is 17.2. The monoisotopic (exact) mass is 476 g/mol. The van der Waals surface area contributed by atoms with E-state index in [0.717, 1.165) is 28.2 Å². The van der Waals surface area contributed by atoms with Crippen molar-refractivity contribution in [2.24, 2.45) is 4.99 Å². The van der Waals surface area contributed by atoms with Crippen molar-refractivity contribution in [3.05, 3.63) is 34.3 Å². The van der Waals surface area contributed by atoms with Crippen LogP contribution in [-0.2, 0) is 6.54 Å². The Hall–Kier alpha value is -1.75. The largest absolute Gasteiger partial charge is 0.492 e. The number of nitrogens with zero attached hydrogens (tertiary/aromatic N) is 2. The van der Waals surface area contributed by atoms with Crippen molar-refractivity contribution in [3.63, 3.8) is 0 Å². The van der Waals surface area contributed by atoms with Crippen LogP contribution in [0.15, 0.2) is 29.4 Å². The summed E-state index contributed by atoms with van der Waals surface area (Å²) in [7, 11) is 1.74. The van der Waals surface area contributed by atoms with Crippen LogP contribution in [0.25, 0.3) is 0 Å². The SMILES string of the molecule is CN=C(NCCOc1ccc2c(c1)OCO2)NCc1ncc(C)s1.I. The van der Waals surface area contributed by atoms with E-state index in [1.165, 1.54) is 4.88 Å². The molecule has 3 rings (SSSR count). The number of rotatable bonds is 6. The molecule has 0 atom stereocenters. The molecule has 1 aromatic heterocycles. The van der Waals surface area contributed by atoms with Gasteiger partial charge in [0.1, 0.15) is 17.4 Å². The molecule has 0 aliphatic carbocycles. The average Bonchev–Trinajstić information content (AvgIpc) is 3.22. The minimum Gasteiger partial charge on any atom is -0.492 e. The Labute approximate surface area is 167 Å². The third-order valence-electron chi connectivity index (χ3n) is 3.31. The summed E-state index contributed by atoms with van der Waals surface area (Å²) in [6.45, 7) is 4.10. The van der Waals surface area contributed by atoms with E-state index in [2.05, 4.69) is 20.6 Å². The molecular weight excluding hydrogens is 455 g/mol. The highest BCUT2D eigenvalue weighted by molar-refractivity contribution is 14.0. The summed E-state index contributed by atoms with van der Waals surface area (Å²) in [6.07, 6.45) is 1.87. The number of hydrogen-bond donors (Lipinski definition) is 2. The molecule has 2 heterocycles. The molecule has 0 fully saturated rings. The number of benzene rings is 1. The van der Waals surface area contributed by atoms with Gasteiger partial charge in [0.05, 0.1) is 13.1 Å². The van der Waals surface area contributed by atoms with Gasteiger partial charge in [0, 0.05) is 24.2 Å². The Balaban J connectivity index is 0.00000225. The molecule has 1 aliphatic heterocycles. The third-order valence-corrected chi connectivity index (χ3v) is 4.22. The Morgan fingerprint density at radius 1 is 1.32 bits per heavy atom. The van der Waals surface area contributed by atoms with Gasteiger partial charge in [-0.25, -0.2) is 4.98 Å². The number of aromatic nitrogens is 1. The second-order valence-electron chi connectivity index (χ2n) is 5.08. The zero-order chi connectivity index (χ0) is 16.8. The van der Waals surface area contributed by atoms with Crippen molar-refractivity contribution in [1.29, 1.82) is 0 Å². The zero-order valence-electron chi connectivity index (χ0n) is 14.1. The lowest BCUT2D eigenvalue weighted by atomic mass is 10.3. The lowest BCUT2D eigenvalue weighted by Gasteiger charge is -2.12. The summed E-state index contributed by atoms with van der Waals surface area (Å²) in [5.74, 6) is 2.94. The normalized spacial score (nSPS) is 12.5. The van der Waals surface area contributed by atoms with Crippen LogP contribution in [0.3, 0.4) is 0 Å². The summed E-state index contributed by atoms with van der Waals surface area (Å²) < 4.78 is 16.3. The van der Waals surface area contributed by atoms with Gasteiger partial charge in [-0.15, -0.1) is 35.3 Å². The summed E-state index contributed by atoms with van der Waals surface area (Å²) >= 11 is 1.67. The fourth-order valence-electron chi connectivity index (χ4n) is 2.17. The van der Waals surface area contributed by atoms with Crippen LogP contribution in [-0.4, -0.2) is 37.9 Å². The molecule has 2 N–H and O–H groups in total. The molecule has 0 amide bonds. The van der Waals surface area contributed by atoms with Gasteiger partial charge in [0.25, 0.3) is 0 Å². The maximum Gasteiger partial charge on any atom is 0.231 e. The van der Waals surface area contributed by atoms with Gasteiger partial charge in [0.15, 0.2) is 17.5 Å². The predicted molar refractivity (Wildman–Crippen MR) is 109 cm³/mol. The molecule has 0 unspecified atom stereocenters. The van der Waals surface area contributed by atoms with Gasteiger partial charge in [-0.2, -0.15) is 0 Å². The fraction of sp³-hybridized carbons (Fsp3) is 0.375. The number of thiazole rings is 1. The van der Waals surface area contributed by atoms with Gasteiger partial charge in [0.2, 0.25) is 6.79 Å². The first-order chi connectivity index (χ1) is 11.7. The van der Waals surface area contributed by atoms with Crippen LogP contribution in [0.4, 0.5) is 0 Å². The van der Waals surface area contributed by atoms with E-state index >= 15 is 0 Å². The molecule has 0 saturated carbocycles. The van der Waals surface area contributed by atoms with Crippen molar-refractivity contribution in [1.82, 2.24) is 15.6 Å². The third kappa shape index (κ3) is 5.63. The molecule has 25 heavy (non-hydrogen) atoms. The highest BCUT2D eigenvalue weighted by Gasteiger charge is 2.13. The lowest BCUT2D eigenvalue weighted by molar-refractivity contribution is 0.173. The molecule has 0 saturated heterocycles. The van der Waals surface area contributed by atoms with Crippen LogP contribution in [0.1, 0.15) is 9.88 Å². The van der Waals surface area contributed by atoms with E-state index in [0.29, 0.717) is 19.7 Å². The van der Waals surface area contributed by atoms with Crippen LogP contribution in [0, 0.1) is 6.92 Å². The number of halogens is 1. The molecule has 0 radical (unpaired) electrons. The summed E-state index contributed by atoms with van der Waals surface area (Å²) in [6, 6.07) is 5.55. The number of fused-ring (bicyclic) bond motifs is 1. The first-order valence-electron chi connectivity index (χ1n) is 7.63. The molecule has 9 heteroatoms. The smallest absolute Gasteiger partial charge is 0.231 e. The Morgan fingerprint density at radius 3 is 2.92 bits per heavy atom.